The van der Waals surface area contributed by atoms with Crippen molar-refractivity contribution in [2.75, 3.05) is 33.0 Å². The number of aliphatic hydroxyl groups is 19. The van der Waals surface area contributed by atoms with Gasteiger partial charge in [0, 0.05) is 13.8 Å². The van der Waals surface area contributed by atoms with Crippen LogP contribution in [0, 0.1) is 0 Å². The second kappa shape index (κ2) is 28.7. The van der Waals surface area contributed by atoms with Gasteiger partial charge in [-0.3, -0.25) is 9.59 Å². The molecule has 0 aromatic carbocycles. The van der Waals surface area contributed by atoms with E-state index in [-0.39, 0.29) is 0 Å². The van der Waals surface area contributed by atoms with Crippen LogP contribution in [0.5, 0.6) is 0 Å². The van der Waals surface area contributed by atoms with E-state index in [9.17, 15) is 107 Å². The van der Waals surface area contributed by atoms with Crippen molar-refractivity contribution in [3.63, 3.8) is 0 Å². The van der Waals surface area contributed by atoms with Gasteiger partial charge in [0.2, 0.25) is 11.8 Å². The van der Waals surface area contributed by atoms with E-state index < -0.39 is 260 Å². The maximum atomic E-state index is 13.0. The van der Waals surface area contributed by atoms with Crippen molar-refractivity contribution in [3.8, 4) is 0 Å². The van der Waals surface area contributed by atoms with Crippen LogP contribution in [0.3, 0.4) is 0 Å². The highest BCUT2D eigenvalue weighted by atomic mass is 16.8. The summed E-state index contributed by atoms with van der Waals surface area (Å²) in [5.74, 6) is -1.73. The summed E-state index contributed by atoms with van der Waals surface area (Å²) in [6.07, 6.45) is -62.0. The Morgan fingerprint density at radius 2 is 0.720 bits per heavy atom. The van der Waals surface area contributed by atoms with Crippen molar-refractivity contribution in [3.05, 3.63) is 0 Å². The third kappa shape index (κ3) is 14.5. The SMILES string of the molecule is CC(=O)N[C@@H]1[C@@H](O[C@H]2O[C@H](C)[C@H](O)[C@H](O)[C@H]2O)[C@H](O[C@@H]2O[C@H](CO)[C@@H](O[C@@H]3O[C@H](CO[C@H]4O[C@H](CO)[C@@H](O)[C@H](O)[C@@H]4O)[C@@H](O)[C@H](O[C@H]4O[C@H](CO)[C@@H](O)[C@H](O)[C@@H]4O)[C@@H]3O)[C@H](O)[C@H]2NC(C)=O)[C@@H](CO[C@H]2O[C@H](C)[C@H](O)[C@H](O)[C@H]2O)O[C@H]1O. The van der Waals surface area contributed by atoms with Gasteiger partial charge in [-0.15, -0.1) is 0 Å². The number of hydrogen-bond acceptors (Lipinski definition) is 34. The number of carbonyl (C=O) groups is 2. The van der Waals surface area contributed by atoms with Gasteiger partial charge < -0.3 is 169 Å². The summed E-state index contributed by atoms with van der Waals surface area (Å²) in [6, 6.07) is -3.64. The fraction of sp³-hybridized carbons (Fsp3) is 0.957. The fourth-order valence-corrected chi connectivity index (χ4v) is 10.5. The molecule has 7 rings (SSSR count). The molecule has 35 atom stereocenters. The second-order valence-electron chi connectivity index (χ2n) is 21.1. The van der Waals surface area contributed by atoms with Crippen LogP contribution in [-0.4, -0.2) is 357 Å². The summed E-state index contributed by atoms with van der Waals surface area (Å²) in [7, 11) is 0. The maximum absolute atomic E-state index is 13.0. The largest absolute Gasteiger partial charge is 0.394 e. The van der Waals surface area contributed by atoms with E-state index in [2.05, 4.69) is 10.6 Å². The quantitative estimate of drug-likeness (QED) is 0.0571. The molecule has 7 aliphatic heterocycles. The van der Waals surface area contributed by atoms with E-state index in [0.29, 0.717) is 0 Å². The van der Waals surface area contributed by atoms with Gasteiger partial charge in [0.25, 0.3) is 0 Å². The summed E-state index contributed by atoms with van der Waals surface area (Å²) < 4.78 is 75.9. The van der Waals surface area contributed by atoms with Crippen LogP contribution in [0.25, 0.3) is 0 Å². The van der Waals surface area contributed by atoms with Gasteiger partial charge in [0.05, 0.1) is 45.2 Å². The van der Waals surface area contributed by atoms with Crippen LogP contribution in [-0.2, 0) is 71.2 Å². The number of carbonyl (C=O) groups excluding carboxylic acids is 2. The molecule has 82 heavy (non-hydrogen) atoms. The Bertz CT molecular complexity index is 2030. The lowest BCUT2D eigenvalue weighted by molar-refractivity contribution is -0.388. The molecule has 36 heteroatoms. The Morgan fingerprint density at radius 1 is 0.341 bits per heavy atom. The fourth-order valence-electron chi connectivity index (χ4n) is 10.5. The van der Waals surface area contributed by atoms with Gasteiger partial charge in [-0.05, 0) is 13.8 Å². The first kappa shape index (κ1) is 67.2. The Hall–Kier alpha value is -2.34. The first-order chi connectivity index (χ1) is 38.6. The van der Waals surface area contributed by atoms with Crippen molar-refractivity contribution in [1.29, 1.82) is 0 Å². The van der Waals surface area contributed by atoms with Gasteiger partial charge in [0.1, 0.15) is 159 Å². The summed E-state index contributed by atoms with van der Waals surface area (Å²) in [5.41, 5.74) is 0. The predicted molar refractivity (Wildman–Crippen MR) is 252 cm³/mol. The number of hydrogen-bond donors (Lipinski definition) is 21. The average molecular weight is 1200 g/mol. The molecule has 476 valence electrons. The molecule has 7 aliphatic rings. The first-order valence-electron chi connectivity index (χ1n) is 26.3. The van der Waals surface area contributed by atoms with Crippen molar-refractivity contribution < 1.29 is 168 Å². The molecule has 2 amide bonds. The minimum Gasteiger partial charge on any atom is -0.394 e. The summed E-state index contributed by atoms with van der Waals surface area (Å²) in [6.45, 7) is -0.0441. The number of amides is 2. The van der Waals surface area contributed by atoms with E-state index in [0.717, 1.165) is 13.8 Å². The molecule has 0 radical (unpaired) electrons. The Balaban J connectivity index is 1.21. The van der Waals surface area contributed by atoms with Crippen LogP contribution >= 0.6 is 0 Å². The normalized spacial score (nSPS) is 51.3. The molecule has 0 saturated carbocycles. The highest BCUT2D eigenvalue weighted by Gasteiger charge is 2.58. The molecule has 21 N–H and O–H groups in total. The highest BCUT2D eigenvalue weighted by Crippen LogP contribution is 2.37. The monoisotopic (exact) mass is 1200 g/mol. The molecule has 0 bridgehead atoms. The maximum Gasteiger partial charge on any atom is 0.217 e. The van der Waals surface area contributed by atoms with Crippen LogP contribution in [0.1, 0.15) is 27.7 Å². The van der Waals surface area contributed by atoms with Crippen molar-refractivity contribution in [2.24, 2.45) is 0 Å². The zero-order valence-corrected chi connectivity index (χ0v) is 44.4. The van der Waals surface area contributed by atoms with Gasteiger partial charge in [-0.2, -0.15) is 0 Å². The number of ether oxygens (including phenoxy) is 13. The highest BCUT2D eigenvalue weighted by molar-refractivity contribution is 5.73. The number of aliphatic hydroxyl groups excluding tert-OH is 19. The van der Waals surface area contributed by atoms with Crippen LogP contribution in [0.2, 0.25) is 0 Å². The van der Waals surface area contributed by atoms with E-state index in [1.807, 2.05) is 0 Å². The lowest BCUT2D eigenvalue weighted by Gasteiger charge is -2.51. The van der Waals surface area contributed by atoms with Gasteiger partial charge >= 0.3 is 0 Å². The third-order valence-electron chi connectivity index (χ3n) is 15.2. The lowest BCUT2D eigenvalue weighted by Crippen LogP contribution is -2.71. The topological polar surface area (TPSA) is 563 Å². The molecule has 7 saturated heterocycles. The molecule has 0 spiro atoms. The minimum atomic E-state index is -2.29. The van der Waals surface area contributed by atoms with E-state index in [1.54, 1.807) is 0 Å². The van der Waals surface area contributed by atoms with Crippen LogP contribution < -0.4 is 10.6 Å². The molecule has 0 aromatic rings. The second-order valence-corrected chi connectivity index (χ2v) is 21.1. The smallest absolute Gasteiger partial charge is 0.217 e. The molecule has 7 heterocycles. The minimum absolute atomic E-state index is 0.826. The van der Waals surface area contributed by atoms with Crippen LogP contribution in [0.4, 0.5) is 0 Å². The van der Waals surface area contributed by atoms with Gasteiger partial charge in [-0.25, -0.2) is 0 Å². The Kier molecular flexibility index (Phi) is 23.5. The van der Waals surface area contributed by atoms with Crippen LogP contribution in [0.15, 0.2) is 0 Å². The third-order valence-corrected chi connectivity index (χ3v) is 15.2. The Labute approximate surface area is 465 Å². The summed E-state index contributed by atoms with van der Waals surface area (Å²) in [4.78, 5) is 25.7. The molecule has 0 aliphatic carbocycles. The average Bonchev–Trinajstić information content (AvgIpc) is 2.90. The molecule has 0 aromatic heterocycles. The van der Waals surface area contributed by atoms with E-state index in [4.69, 9.17) is 61.6 Å². The van der Waals surface area contributed by atoms with Gasteiger partial charge in [-0.1, -0.05) is 0 Å². The van der Waals surface area contributed by atoms with Crippen molar-refractivity contribution in [2.45, 2.75) is 243 Å². The lowest BCUT2D eigenvalue weighted by atomic mass is 9.93. The van der Waals surface area contributed by atoms with Gasteiger partial charge in [0.15, 0.2) is 44.0 Å². The molecule has 0 unspecified atom stereocenters. The Morgan fingerprint density at radius 3 is 1.24 bits per heavy atom. The van der Waals surface area contributed by atoms with E-state index >= 15 is 0 Å². The summed E-state index contributed by atoms with van der Waals surface area (Å²) >= 11 is 0. The molecular formula is C46H78N2O34. The van der Waals surface area contributed by atoms with Crippen molar-refractivity contribution >= 4 is 11.8 Å². The van der Waals surface area contributed by atoms with Crippen molar-refractivity contribution in [1.82, 2.24) is 10.6 Å². The molecule has 36 nitrogen and oxygen atoms in total. The summed E-state index contributed by atoms with van der Waals surface area (Å²) in [5, 5.41) is 210. The molecular weight excluding hydrogens is 1120 g/mol. The number of rotatable bonds is 19. The van der Waals surface area contributed by atoms with E-state index in [1.165, 1.54) is 13.8 Å². The standard InChI is InChI=1S/C46H78N2O34/c1-10-21(54)27(60)31(64)42(72-10)71-9-18-37(38(20(40(69)74-18)48-13(4)53)81-44-33(66)28(61)22(55)11(2)73-44)80-41-19(47-12(3)52)26(59)36(16(7-51)77-41)79-46-35(68)39(82-45-34(67)30(63)24(57)15(6-50)76-45)25(58)17(78-46)8-70-43-32(65)29(62)23(56)14(5-49)75-43/h10-11,14-46,49-51,54-69H,5-9H2,1-4H3,(H,47,52)(H,48,53)/t10-,11-,14-,15-,16-,17-,18-,19-,20-,21+,22+,23-,24-,25-,26-,27+,28+,29+,30+,31-,32+,33-,34+,35+,36-,37-,38-,39+,40-,41+,42+,43+,44-,45-,46+/m1/s1. The number of nitrogens with one attached hydrogen (secondary N) is 2. The zero-order valence-electron chi connectivity index (χ0n) is 44.4. The zero-order chi connectivity index (χ0) is 60.5. The molecule has 7 fully saturated rings. The predicted octanol–water partition coefficient (Wildman–Crippen LogP) is -13.9. The first-order valence-corrected chi connectivity index (χ1v) is 26.3.